The van der Waals surface area contributed by atoms with Gasteiger partial charge in [0.25, 0.3) is 0 Å². The quantitative estimate of drug-likeness (QED) is 0.455. The van der Waals surface area contributed by atoms with Crippen LogP contribution in [0, 0.1) is 16.7 Å². The minimum atomic E-state index is -1.07. The molecule has 1 heterocycles. The van der Waals surface area contributed by atoms with Crippen molar-refractivity contribution in [3.05, 3.63) is 48.0 Å². The Morgan fingerprint density at radius 3 is 2.49 bits per heavy atom. The fourth-order valence-electron chi connectivity index (χ4n) is 3.62. The molecule has 0 aliphatic carbocycles. The Bertz CT molecular complexity index is 1300. The van der Waals surface area contributed by atoms with Crippen LogP contribution >= 0.6 is 0 Å². The first-order valence-corrected chi connectivity index (χ1v) is 11.4. The lowest BCUT2D eigenvalue weighted by Crippen LogP contribution is -2.38. The zero-order chi connectivity index (χ0) is 26.0. The molecule has 0 aliphatic rings. The van der Waals surface area contributed by atoms with Crippen LogP contribution in [0.25, 0.3) is 11.0 Å². The summed E-state index contributed by atoms with van der Waals surface area (Å²) in [5, 5.41) is 25.0. The Kier molecular flexibility index (Phi) is 7.17. The van der Waals surface area contributed by atoms with Crippen LogP contribution in [-0.2, 0) is 11.3 Å². The van der Waals surface area contributed by atoms with Gasteiger partial charge in [-0.05, 0) is 56.7 Å². The van der Waals surface area contributed by atoms with Crippen molar-refractivity contribution >= 4 is 40.3 Å². The molecule has 0 spiro atoms. The molecule has 9 heteroatoms. The maximum atomic E-state index is 12.9. The molecular formula is C26H32N6O3. The number of anilines is 3. The number of rotatable bonds is 7. The number of nitrogens with zero attached hydrogens (tertiary/aromatic N) is 4. The van der Waals surface area contributed by atoms with Gasteiger partial charge in [0, 0.05) is 23.8 Å². The third-order valence-corrected chi connectivity index (χ3v) is 5.91. The van der Waals surface area contributed by atoms with Gasteiger partial charge in [-0.25, -0.2) is 9.78 Å². The van der Waals surface area contributed by atoms with Gasteiger partial charge in [-0.1, -0.05) is 26.8 Å². The largest absolute Gasteiger partial charge is 0.389 e. The Hall–Kier alpha value is -3.90. The highest BCUT2D eigenvalue weighted by Gasteiger charge is 2.29. The normalized spacial score (nSPS) is 11.7. The highest BCUT2D eigenvalue weighted by atomic mass is 16.3. The number of imidazole rings is 1. The Morgan fingerprint density at radius 2 is 1.86 bits per heavy atom. The monoisotopic (exact) mass is 476 g/mol. The average Bonchev–Trinajstić information content (AvgIpc) is 3.12. The molecule has 3 rings (SSSR count). The number of nitrogens with one attached hydrogen (secondary N) is 2. The molecule has 0 saturated heterocycles. The zero-order valence-electron chi connectivity index (χ0n) is 21.0. The molecule has 9 nitrogen and oxygen atoms in total. The van der Waals surface area contributed by atoms with Crippen molar-refractivity contribution in [3.8, 4) is 6.07 Å². The van der Waals surface area contributed by atoms with E-state index in [2.05, 4.69) is 15.6 Å². The second-order valence-electron chi connectivity index (χ2n) is 9.88. The minimum Gasteiger partial charge on any atom is -0.389 e. The summed E-state index contributed by atoms with van der Waals surface area (Å²) in [5.74, 6) is 0.240. The van der Waals surface area contributed by atoms with Crippen molar-refractivity contribution in [1.29, 1.82) is 5.26 Å². The summed E-state index contributed by atoms with van der Waals surface area (Å²) in [6.07, 6.45) is 0.707. The summed E-state index contributed by atoms with van der Waals surface area (Å²) >= 11 is 0. The van der Waals surface area contributed by atoms with Gasteiger partial charge in [0.05, 0.1) is 34.8 Å². The van der Waals surface area contributed by atoms with Crippen LogP contribution in [0.5, 0.6) is 0 Å². The molecule has 2 aromatic carbocycles. The lowest BCUT2D eigenvalue weighted by molar-refractivity contribution is -0.126. The topological polar surface area (TPSA) is 123 Å². The molecular weight excluding hydrogens is 444 g/mol. The zero-order valence-corrected chi connectivity index (χ0v) is 21.0. The molecule has 1 aromatic heterocycles. The molecule has 0 saturated carbocycles. The molecule has 0 bridgehead atoms. The van der Waals surface area contributed by atoms with Gasteiger partial charge in [-0.3, -0.25) is 10.1 Å². The molecule has 0 fully saturated rings. The van der Waals surface area contributed by atoms with Crippen molar-refractivity contribution in [2.45, 2.75) is 53.2 Å². The fraction of sp³-hybridized carbons (Fsp3) is 0.385. The van der Waals surface area contributed by atoms with Gasteiger partial charge in [0.15, 0.2) is 0 Å². The van der Waals surface area contributed by atoms with Crippen molar-refractivity contribution in [2.75, 3.05) is 22.6 Å². The maximum absolute atomic E-state index is 12.9. The van der Waals surface area contributed by atoms with Crippen LogP contribution < -0.4 is 15.5 Å². The number of aliphatic hydroxyl groups is 1. The predicted octanol–water partition coefficient (Wildman–Crippen LogP) is 4.72. The number of nitriles is 1. The third kappa shape index (κ3) is 5.97. The van der Waals surface area contributed by atoms with E-state index in [1.54, 1.807) is 60.7 Å². The second-order valence-corrected chi connectivity index (χ2v) is 9.88. The molecule has 3 N–H and O–H groups in total. The summed E-state index contributed by atoms with van der Waals surface area (Å²) in [6, 6.07) is 13.5. The van der Waals surface area contributed by atoms with E-state index in [9.17, 15) is 14.7 Å². The summed E-state index contributed by atoms with van der Waals surface area (Å²) < 4.78 is 1.72. The number of hydrogen-bond donors (Lipinski definition) is 3. The Balaban J connectivity index is 1.95. The van der Waals surface area contributed by atoms with Crippen molar-refractivity contribution in [1.82, 2.24) is 9.55 Å². The fourth-order valence-corrected chi connectivity index (χ4v) is 3.62. The number of carbonyl (C=O) groups is 2. The standard InChI is InChI=1S/C26H32N6O3/c1-7-25(2,3)22(33)31(6)19-11-12-21-20(14-19)29-23(32(21)16-26(4,5)35)30-24(34)28-18-10-8-9-17(13-18)15-27/h8-14,35H,7,16H2,1-6H3,(H2,28,29,30,34). The number of amides is 3. The molecule has 3 aromatic rings. The van der Waals surface area contributed by atoms with E-state index in [0.29, 0.717) is 34.4 Å². The first-order valence-electron chi connectivity index (χ1n) is 11.4. The lowest BCUT2D eigenvalue weighted by atomic mass is 9.88. The Labute approximate surface area is 205 Å². The van der Waals surface area contributed by atoms with Crippen molar-refractivity contribution in [2.24, 2.45) is 5.41 Å². The summed E-state index contributed by atoms with van der Waals surface area (Å²) in [5.41, 5.74) is 1.27. The summed E-state index contributed by atoms with van der Waals surface area (Å²) in [4.78, 5) is 31.8. The molecule has 0 aliphatic heterocycles. The average molecular weight is 477 g/mol. The van der Waals surface area contributed by atoms with Gasteiger partial charge < -0.3 is 19.9 Å². The van der Waals surface area contributed by atoms with E-state index in [1.807, 2.05) is 39.0 Å². The van der Waals surface area contributed by atoms with Crippen LogP contribution in [0.15, 0.2) is 42.5 Å². The van der Waals surface area contributed by atoms with Crippen LogP contribution in [-0.4, -0.2) is 39.2 Å². The summed E-state index contributed by atoms with van der Waals surface area (Å²) in [7, 11) is 1.73. The van der Waals surface area contributed by atoms with Crippen LogP contribution in [0.2, 0.25) is 0 Å². The smallest absolute Gasteiger partial charge is 0.326 e. The molecule has 0 atom stereocenters. The van der Waals surface area contributed by atoms with E-state index < -0.39 is 17.0 Å². The van der Waals surface area contributed by atoms with Crippen LogP contribution in [0.3, 0.4) is 0 Å². The summed E-state index contributed by atoms with van der Waals surface area (Å²) in [6.45, 7) is 9.32. The molecule has 184 valence electrons. The third-order valence-electron chi connectivity index (χ3n) is 5.91. The van der Waals surface area contributed by atoms with E-state index in [-0.39, 0.29) is 18.4 Å². The number of aromatic nitrogens is 2. The van der Waals surface area contributed by atoms with Crippen LogP contribution in [0.1, 0.15) is 46.6 Å². The second kappa shape index (κ2) is 9.76. The van der Waals surface area contributed by atoms with Crippen molar-refractivity contribution in [3.63, 3.8) is 0 Å². The van der Waals surface area contributed by atoms with E-state index in [4.69, 9.17) is 5.26 Å². The van der Waals surface area contributed by atoms with E-state index >= 15 is 0 Å². The number of hydrogen-bond acceptors (Lipinski definition) is 5. The molecule has 3 amide bonds. The maximum Gasteiger partial charge on any atom is 0.326 e. The minimum absolute atomic E-state index is 0.00685. The number of fused-ring (bicyclic) bond motifs is 1. The van der Waals surface area contributed by atoms with E-state index in [0.717, 1.165) is 0 Å². The number of urea groups is 1. The SMILES string of the molecule is CCC(C)(C)C(=O)N(C)c1ccc2c(c1)nc(NC(=O)Nc1cccc(C#N)c1)n2CC(C)(C)O. The van der Waals surface area contributed by atoms with Gasteiger partial charge in [-0.15, -0.1) is 0 Å². The van der Waals surface area contributed by atoms with Gasteiger partial charge in [0.1, 0.15) is 0 Å². The molecule has 0 radical (unpaired) electrons. The Morgan fingerprint density at radius 1 is 1.14 bits per heavy atom. The molecule has 0 unspecified atom stereocenters. The molecule has 35 heavy (non-hydrogen) atoms. The van der Waals surface area contributed by atoms with Gasteiger partial charge in [-0.2, -0.15) is 5.26 Å². The van der Waals surface area contributed by atoms with Crippen molar-refractivity contribution < 1.29 is 14.7 Å². The van der Waals surface area contributed by atoms with Gasteiger partial charge >= 0.3 is 6.03 Å². The lowest BCUT2D eigenvalue weighted by Gasteiger charge is -2.28. The number of benzene rings is 2. The van der Waals surface area contributed by atoms with Crippen LogP contribution in [0.4, 0.5) is 22.1 Å². The first-order chi connectivity index (χ1) is 16.3. The predicted molar refractivity (Wildman–Crippen MR) is 137 cm³/mol. The van der Waals surface area contributed by atoms with E-state index in [1.165, 1.54) is 0 Å². The first kappa shape index (κ1) is 25.7. The highest BCUT2D eigenvalue weighted by Crippen LogP contribution is 2.30. The number of carbonyl (C=O) groups excluding carboxylic acids is 2. The van der Waals surface area contributed by atoms with Gasteiger partial charge in [0.2, 0.25) is 11.9 Å². The highest BCUT2D eigenvalue weighted by molar-refractivity contribution is 6.01.